The van der Waals surface area contributed by atoms with Crippen LogP contribution in [0.2, 0.25) is 0 Å². The predicted octanol–water partition coefficient (Wildman–Crippen LogP) is 5.43. The fourth-order valence-electron chi connectivity index (χ4n) is 5.35. The van der Waals surface area contributed by atoms with Gasteiger partial charge in [0.15, 0.2) is 0 Å². The standard InChI is InChI=1S/C31H35N3O2/c1-36-26-13-9-12-25(20-26)28(21-31(35)32-16-19-33-17-7-8-18-33)29-23-34(22-24-10-3-2-4-11-24)30-15-6-5-14-27(29)30/h2-6,9-15,20,23,28H,7-8,16-19,21-22H2,1H3,(H,32,35). The predicted molar refractivity (Wildman–Crippen MR) is 146 cm³/mol. The van der Waals surface area contributed by atoms with Crippen LogP contribution in [0.3, 0.4) is 0 Å². The third-order valence-corrected chi connectivity index (χ3v) is 7.23. The largest absolute Gasteiger partial charge is 0.497 e. The third-order valence-electron chi connectivity index (χ3n) is 7.23. The van der Waals surface area contributed by atoms with Crippen molar-refractivity contribution in [1.82, 2.24) is 14.8 Å². The van der Waals surface area contributed by atoms with Crippen LogP contribution in [0.15, 0.2) is 85.1 Å². The Morgan fingerprint density at radius 2 is 1.75 bits per heavy atom. The number of rotatable bonds is 10. The summed E-state index contributed by atoms with van der Waals surface area (Å²) < 4.78 is 7.83. The summed E-state index contributed by atoms with van der Waals surface area (Å²) in [4.78, 5) is 15.6. The summed E-state index contributed by atoms with van der Waals surface area (Å²) >= 11 is 0. The topological polar surface area (TPSA) is 46.5 Å². The van der Waals surface area contributed by atoms with Crippen molar-refractivity contribution in [2.45, 2.75) is 31.7 Å². The molecule has 3 aromatic carbocycles. The number of carbonyl (C=O) groups excluding carboxylic acids is 1. The lowest BCUT2D eigenvalue weighted by molar-refractivity contribution is -0.121. The Hall–Kier alpha value is -3.57. The van der Waals surface area contributed by atoms with Crippen molar-refractivity contribution in [3.63, 3.8) is 0 Å². The Labute approximate surface area is 213 Å². The Balaban J connectivity index is 1.45. The second-order valence-corrected chi connectivity index (χ2v) is 9.65. The number of methoxy groups -OCH3 is 1. The Bertz CT molecular complexity index is 1290. The van der Waals surface area contributed by atoms with E-state index in [1.165, 1.54) is 34.9 Å². The van der Waals surface area contributed by atoms with Crippen LogP contribution in [-0.2, 0) is 11.3 Å². The summed E-state index contributed by atoms with van der Waals surface area (Å²) in [5, 5.41) is 4.37. The summed E-state index contributed by atoms with van der Waals surface area (Å²) in [6.07, 6.45) is 5.16. The molecule has 1 saturated heterocycles. The zero-order valence-electron chi connectivity index (χ0n) is 21.0. The van der Waals surface area contributed by atoms with Gasteiger partial charge in [0, 0.05) is 49.1 Å². The molecule has 36 heavy (non-hydrogen) atoms. The quantitative estimate of drug-likeness (QED) is 0.328. The van der Waals surface area contributed by atoms with Crippen LogP contribution in [0.1, 0.15) is 41.9 Å². The molecule has 0 saturated carbocycles. The van der Waals surface area contributed by atoms with E-state index in [2.05, 4.69) is 81.6 Å². The van der Waals surface area contributed by atoms with E-state index in [9.17, 15) is 4.79 Å². The maximum absolute atomic E-state index is 13.2. The average molecular weight is 482 g/mol. The molecule has 0 radical (unpaired) electrons. The number of para-hydroxylation sites is 1. The van der Waals surface area contributed by atoms with Crippen molar-refractivity contribution >= 4 is 16.8 Å². The first kappa shape index (κ1) is 24.1. The average Bonchev–Trinajstić information content (AvgIpc) is 3.56. The molecule has 5 heteroatoms. The molecule has 1 N–H and O–H groups in total. The summed E-state index contributed by atoms with van der Waals surface area (Å²) in [6, 6.07) is 27.1. The summed E-state index contributed by atoms with van der Waals surface area (Å²) in [6.45, 7) is 4.69. The van der Waals surface area contributed by atoms with Gasteiger partial charge in [0.05, 0.1) is 7.11 Å². The van der Waals surface area contributed by atoms with Gasteiger partial charge in [0.2, 0.25) is 5.91 Å². The van der Waals surface area contributed by atoms with Crippen LogP contribution in [0.25, 0.3) is 10.9 Å². The molecule has 1 aliphatic rings. The number of aromatic nitrogens is 1. The highest BCUT2D eigenvalue weighted by atomic mass is 16.5. The minimum absolute atomic E-state index is 0.0752. The number of benzene rings is 3. The van der Waals surface area contributed by atoms with Crippen LogP contribution >= 0.6 is 0 Å². The summed E-state index contributed by atoms with van der Waals surface area (Å²) in [5.74, 6) is 0.815. The fourth-order valence-corrected chi connectivity index (χ4v) is 5.35. The van der Waals surface area contributed by atoms with Crippen molar-refractivity contribution in [1.29, 1.82) is 0 Å². The van der Waals surface area contributed by atoms with Crippen LogP contribution in [-0.4, -0.2) is 48.7 Å². The van der Waals surface area contributed by atoms with Crippen LogP contribution in [0.5, 0.6) is 5.75 Å². The molecule has 1 aliphatic heterocycles. The van der Waals surface area contributed by atoms with E-state index in [0.717, 1.165) is 37.5 Å². The third kappa shape index (κ3) is 5.63. The van der Waals surface area contributed by atoms with Crippen molar-refractivity contribution in [3.8, 4) is 5.75 Å². The number of ether oxygens (including phenoxy) is 1. The highest BCUT2D eigenvalue weighted by molar-refractivity contribution is 5.87. The van der Waals surface area contributed by atoms with Crippen LogP contribution in [0.4, 0.5) is 0 Å². The molecular weight excluding hydrogens is 446 g/mol. The van der Waals surface area contributed by atoms with Crippen LogP contribution in [0, 0.1) is 0 Å². The van der Waals surface area contributed by atoms with E-state index >= 15 is 0 Å². The molecular formula is C31H35N3O2. The normalized spacial score (nSPS) is 14.7. The van der Waals surface area contributed by atoms with Crippen molar-refractivity contribution < 1.29 is 9.53 Å². The molecule has 186 valence electrons. The van der Waals surface area contributed by atoms with E-state index in [-0.39, 0.29) is 11.8 Å². The van der Waals surface area contributed by atoms with E-state index in [0.29, 0.717) is 13.0 Å². The maximum atomic E-state index is 13.2. The molecule has 1 unspecified atom stereocenters. The van der Waals surface area contributed by atoms with Crippen molar-refractivity contribution in [3.05, 3.63) is 102 Å². The van der Waals surface area contributed by atoms with Gasteiger partial charge >= 0.3 is 0 Å². The van der Waals surface area contributed by atoms with Gasteiger partial charge in [-0.2, -0.15) is 0 Å². The Kier molecular flexibility index (Phi) is 7.67. The maximum Gasteiger partial charge on any atom is 0.220 e. The Morgan fingerprint density at radius 1 is 0.972 bits per heavy atom. The monoisotopic (exact) mass is 481 g/mol. The minimum Gasteiger partial charge on any atom is -0.497 e. The first-order valence-electron chi connectivity index (χ1n) is 13.0. The number of hydrogen-bond acceptors (Lipinski definition) is 3. The number of nitrogens with one attached hydrogen (secondary N) is 1. The first-order valence-corrected chi connectivity index (χ1v) is 13.0. The number of hydrogen-bond donors (Lipinski definition) is 1. The molecule has 0 bridgehead atoms. The zero-order chi connectivity index (χ0) is 24.7. The molecule has 5 rings (SSSR count). The SMILES string of the molecule is COc1cccc(C(CC(=O)NCCN2CCCC2)c2cn(Cc3ccccc3)c3ccccc23)c1. The number of carbonyl (C=O) groups is 1. The van der Waals surface area contributed by atoms with Crippen molar-refractivity contribution in [2.75, 3.05) is 33.3 Å². The fraction of sp³-hybridized carbons (Fsp3) is 0.323. The van der Waals surface area contributed by atoms with Crippen molar-refractivity contribution in [2.24, 2.45) is 0 Å². The molecule has 1 fully saturated rings. The molecule has 0 spiro atoms. The highest BCUT2D eigenvalue weighted by Gasteiger charge is 2.23. The molecule has 1 amide bonds. The minimum atomic E-state index is -0.0752. The van der Waals surface area contributed by atoms with E-state index in [4.69, 9.17) is 4.74 Å². The molecule has 1 aromatic heterocycles. The molecule has 2 heterocycles. The second-order valence-electron chi connectivity index (χ2n) is 9.65. The summed E-state index contributed by atoms with van der Waals surface area (Å²) in [5.41, 5.74) is 4.69. The highest BCUT2D eigenvalue weighted by Crippen LogP contribution is 2.36. The van der Waals surface area contributed by atoms with Crippen LogP contribution < -0.4 is 10.1 Å². The lowest BCUT2D eigenvalue weighted by Gasteiger charge is -2.19. The van der Waals surface area contributed by atoms with Gasteiger partial charge in [-0.1, -0.05) is 60.7 Å². The molecule has 4 aromatic rings. The van der Waals surface area contributed by atoms with Gasteiger partial charge in [-0.3, -0.25) is 4.79 Å². The molecule has 0 aliphatic carbocycles. The second kappa shape index (κ2) is 11.4. The van der Waals surface area contributed by atoms with Gasteiger partial charge in [0.25, 0.3) is 0 Å². The number of amides is 1. The van der Waals surface area contributed by atoms with Gasteiger partial charge in [-0.25, -0.2) is 0 Å². The number of nitrogens with zero attached hydrogens (tertiary/aromatic N) is 2. The van der Waals surface area contributed by atoms with Gasteiger partial charge in [-0.15, -0.1) is 0 Å². The van der Waals surface area contributed by atoms with Gasteiger partial charge in [-0.05, 0) is 60.8 Å². The smallest absolute Gasteiger partial charge is 0.220 e. The first-order chi connectivity index (χ1) is 17.7. The van der Waals surface area contributed by atoms with Gasteiger partial charge in [0.1, 0.15) is 5.75 Å². The number of likely N-dealkylation sites (tertiary alicyclic amines) is 1. The van der Waals surface area contributed by atoms with E-state index in [1.54, 1.807) is 7.11 Å². The van der Waals surface area contributed by atoms with Gasteiger partial charge < -0.3 is 19.5 Å². The Morgan fingerprint density at radius 3 is 2.56 bits per heavy atom. The lowest BCUT2D eigenvalue weighted by Crippen LogP contribution is -2.34. The molecule has 5 nitrogen and oxygen atoms in total. The lowest BCUT2D eigenvalue weighted by atomic mass is 9.88. The number of fused-ring (bicyclic) bond motifs is 1. The zero-order valence-corrected chi connectivity index (χ0v) is 21.0. The molecule has 1 atom stereocenters. The van der Waals surface area contributed by atoms with E-state index < -0.39 is 0 Å². The van der Waals surface area contributed by atoms with E-state index in [1.807, 2.05) is 18.2 Å². The summed E-state index contributed by atoms with van der Waals surface area (Å²) in [7, 11) is 1.69.